The van der Waals surface area contributed by atoms with Gasteiger partial charge in [-0.1, -0.05) is 19.9 Å². The second-order valence-corrected chi connectivity index (χ2v) is 10.5. The normalized spacial score (nSPS) is 20.8. The Kier molecular flexibility index (Phi) is 6.32. The van der Waals surface area contributed by atoms with Crippen molar-refractivity contribution in [1.82, 2.24) is 9.88 Å². The molecule has 0 unspecified atom stereocenters. The fraction of sp³-hybridized carbons (Fsp3) is 0.519. The second kappa shape index (κ2) is 8.90. The Morgan fingerprint density at radius 3 is 2.48 bits per heavy atom. The summed E-state index contributed by atoms with van der Waals surface area (Å²) < 4.78 is 0. The predicted octanol–water partition coefficient (Wildman–Crippen LogP) is 5.04. The van der Waals surface area contributed by atoms with Crippen LogP contribution >= 0.6 is 0 Å². The van der Waals surface area contributed by atoms with Crippen molar-refractivity contribution < 1.29 is 14.7 Å². The third kappa shape index (κ3) is 4.81. The van der Waals surface area contributed by atoms with E-state index >= 15 is 0 Å². The van der Waals surface area contributed by atoms with Crippen LogP contribution in [0.4, 0.5) is 5.69 Å². The van der Waals surface area contributed by atoms with E-state index in [4.69, 9.17) is 0 Å². The third-order valence-corrected chi connectivity index (χ3v) is 7.23. The van der Waals surface area contributed by atoms with E-state index in [9.17, 15) is 14.7 Å². The Bertz CT molecular complexity index is 1060. The average Bonchev–Trinajstić information content (AvgIpc) is 3.08. The summed E-state index contributed by atoms with van der Waals surface area (Å²) in [6.45, 7) is 10.3. The van der Waals surface area contributed by atoms with Gasteiger partial charge in [-0.25, -0.2) is 4.98 Å². The molecule has 1 aromatic heterocycles. The molecule has 0 saturated heterocycles. The van der Waals surface area contributed by atoms with Crippen molar-refractivity contribution in [3.8, 4) is 0 Å². The van der Waals surface area contributed by atoms with Crippen LogP contribution in [0.2, 0.25) is 0 Å². The number of nitrogens with one attached hydrogen (secondary N) is 1. The van der Waals surface area contributed by atoms with Crippen LogP contribution in [-0.4, -0.2) is 32.8 Å². The van der Waals surface area contributed by atoms with Crippen LogP contribution in [-0.2, 0) is 12.1 Å². The van der Waals surface area contributed by atoms with Crippen molar-refractivity contribution in [2.24, 2.45) is 11.8 Å². The van der Waals surface area contributed by atoms with Crippen molar-refractivity contribution in [3.05, 3.63) is 58.4 Å². The first-order chi connectivity index (χ1) is 15.5. The maximum atomic E-state index is 13.4. The van der Waals surface area contributed by atoms with E-state index in [2.05, 4.69) is 24.1 Å². The number of nitrogens with zero attached hydrogens (tertiary/aromatic N) is 2. The minimum absolute atomic E-state index is 0.0180. The summed E-state index contributed by atoms with van der Waals surface area (Å²) >= 11 is 0. The first-order valence-corrected chi connectivity index (χ1v) is 12.0. The van der Waals surface area contributed by atoms with Crippen LogP contribution in [0.3, 0.4) is 0 Å². The molecule has 1 aliphatic carbocycles. The van der Waals surface area contributed by atoms with Crippen molar-refractivity contribution in [2.45, 2.75) is 78.5 Å². The monoisotopic (exact) mass is 449 g/mol. The number of carbonyl (C=O) groups is 2. The van der Waals surface area contributed by atoms with Crippen molar-refractivity contribution in [2.75, 3.05) is 5.32 Å². The molecule has 2 aromatic rings. The first-order valence-electron chi connectivity index (χ1n) is 12.0. The molecule has 0 atom stereocenters. The maximum Gasteiger partial charge on any atom is 0.274 e. The van der Waals surface area contributed by atoms with Gasteiger partial charge in [0.05, 0.1) is 5.60 Å². The van der Waals surface area contributed by atoms with Crippen molar-refractivity contribution in [1.29, 1.82) is 0 Å². The van der Waals surface area contributed by atoms with Crippen molar-refractivity contribution in [3.63, 3.8) is 0 Å². The summed E-state index contributed by atoms with van der Waals surface area (Å²) in [5.74, 6) is 1.07. The topological polar surface area (TPSA) is 82.5 Å². The highest BCUT2D eigenvalue weighted by atomic mass is 16.3. The third-order valence-electron chi connectivity index (χ3n) is 7.23. The highest BCUT2D eigenvalue weighted by Gasteiger charge is 2.37. The molecule has 0 spiro atoms. The number of rotatable bonds is 5. The van der Waals surface area contributed by atoms with E-state index in [0.717, 1.165) is 42.9 Å². The highest BCUT2D eigenvalue weighted by molar-refractivity contribution is 6.05. The van der Waals surface area contributed by atoms with Gasteiger partial charge in [-0.3, -0.25) is 9.59 Å². The highest BCUT2D eigenvalue weighted by Crippen LogP contribution is 2.39. The number of aliphatic hydroxyl groups is 1. The number of hydrogen-bond acceptors (Lipinski definition) is 4. The van der Waals surface area contributed by atoms with Crippen molar-refractivity contribution >= 4 is 17.5 Å². The molecule has 6 heteroatoms. The molecule has 2 N–H and O–H groups in total. The Labute approximate surface area is 196 Å². The van der Waals surface area contributed by atoms with E-state index in [1.165, 1.54) is 0 Å². The van der Waals surface area contributed by atoms with Gasteiger partial charge in [0.1, 0.15) is 5.69 Å². The van der Waals surface area contributed by atoms with Gasteiger partial charge in [0.25, 0.3) is 11.8 Å². The molecule has 6 nitrogen and oxygen atoms in total. The van der Waals surface area contributed by atoms with Gasteiger partial charge < -0.3 is 15.3 Å². The number of benzene rings is 1. The van der Waals surface area contributed by atoms with E-state index in [-0.39, 0.29) is 17.9 Å². The van der Waals surface area contributed by atoms with Gasteiger partial charge in [0, 0.05) is 35.1 Å². The molecule has 0 bridgehead atoms. The summed E-state index contributed by atoms with van der Waals surface area (Å²) in [5.41, 5.74) is 2.44. The lowest BCUT2D eigenvalue weighted by molar-refractivity contribution is 0.0619. The van der Waals surface area contributed by atoms with Gasteiger partial charge >= 0.3 is 0 Å². The molecule has 2 aliphatic rings. The molecule has 2 amide bonds. The number of anilines is 1. The molecule has 2 heterocycles. The summed E-state index contributed by atoms with van der Waals surface area (Å²) in [6.07, 6.45) is 4.37. The van der Waals surface area contributed by atoms with Gasteiger partial charge in [0.15, 0.2) is 0 Å². The van der Waals surface area contributed by atoms with Gasteiger partial charge in [-0.2, -0.15) is 0 Å². The lowest BCUT2D eigenvalue weighted by atomic mass is 9.79. The van der Waals surface area contributed by atoms with E-state index < -0.39 is 5.60 Å². The van der Waals surface area contributed by atoms with Crippen LogP contribution in [0.5, 0.6) is 0 Å². The molecule has 176 valence electrons. The van der Waals surface area contributed by atoms with Crippen LogP contribution in [0, 0.1) is 18.8 Å². The zero-order valence-electron chi connectivity index (χ0n) is 20.3. The molecular formula is C27H35N3O3. The average molecular weight is 450 g/mol. The van der Waals surface area contributed by atoms with Gasteiger partial charge in [-0.05, 0) is 88.1 Å². The fourth-order valence-electron chi connectivity index (χ4n) is 5.22. The number of aryl methyl sites for hydroxylation is 1. The molecule has 4 rings (SSSR count). The maximum absolute atomic E-state index is 13.4. The minimum Gasteiger partial charge on any atom is -0.386 e. The zero-order valence-corrected chi connectivity index (χ0v) is 20.3. The van der Waals surface area contributed by atoms with E-state index in [1.807, 2.05) is 24.0 Å². The number of carbonyl (C=O) groups excluding carboxylic acids is 2. The molecular weight excluding hydrogens is 414 g/mol. The number of hydrogen-bond donors (Lipinski definition) is 2. The molecule has 0 radical (unpaired) electrons. The van der Waals surface area contributed by atoms with Crippen LogP contribution in [0.25, 0.3) is 0 Å². The number of fused-ring (bicyclic) bond motifs is 1. The number of pyridine rings is 1. The molecule has 1 aliphatic heterocycles. The summed E-state index contributed by atoms with van der Waals surface area (Å²) in [7, 11) is 0. The minimum atomic E-state index is -1.18. The Morgan fingerprint density at radius 2 is 1.88 bits per heavy atom. The summed E-state index contributed by atoms with van der Waals surface area (Å²) in [5, 5.41) is 13.7. The second-order valence-electron chi connectivity index (χ2n) is 10.5. The van der Waals surface area contributed by atoms with Crippen LogP contribution < -0.4 is 5.32 Å². The number of aromatic nitrogens is 1. The standard InChI is InChI=1S/C27H35N3O3/c1-16(2)18-9-11-20(12-10-18)30-15-19-13-22(27(4,5)33)24(14-21(19)26(30)32)29-25(31)23-8-6-7-17(3)28-23/h6-8,13-14,16,18,20,33H,9-12,15H2,1-5H3,(H,29,31). The lowest BCUT2D eigenvalue weighted by Gasteiger charge is -2.36. The van der Waals surface area contributed by atoms with Gasteiger partial charge in [0.2, 0.25) is 0 Å². The smallest absolute Gasteiger partial charge is 0.274 e. The van der Waals surface area contributed by atoms with E-state index in [0.29, 0.717) is 35.0 Å². The summed E-state index contributed by atoms with van der Waals surface area (Å²) in [4.78, 5) is 32.5. The van der Waals surface area contributed by atoms with Crippen LogP contribution in [0.1, 0.15) is 91.0 Å². The molecule has 1 fully saturated rings. The number of amides is 2. The Morgan fingerprint density at radius 1 is 1.18 bits per heavy atom. The Balaban J connectivity index is 1.60. The largest absolute Gasteiger partial charge is 0.386 e. The quantitative estimate of drug-likeness (QED) is 0.670. The fourth-order valence-corrected chi connectivity index (χ4v) is 5.22. The first kappa shape index (κ1) is 23.4. The predicted molar refractivity (Wildman–Crippen MR) is 129 cm³/mol. The SMILES string of the molecule is Cc1cccc(C(=O)Nc2cc3c(cc2C(C)(C)O)CN(C2CCC(C(C)C)CC2)C3=O)n1. The van der Waals surface area contributed by atoms with Gasteiger partial charge in [-0.15, -0.1) is 0 Å². The molecule has 33 heavy (non-hydrogen) atoms. The molecule has 1 saturated carbocycles. The van der Waals surface area contributed by atoms with E-state index in [1.54, 1.807) is 32.0 Å². The Hall–Kier alpha value is -2.73. The lowest BCUT2D eigenvalue weighted by Crippen LogP contribution is -2.38. The molecule has 1 aromatic carbocycles. The zero-order chi connectivity index (χ0) is 23.9. The summed E-state index contributed by atoms with van der Waals surface area (Å²) in [6, 6.07) is 9.13. The van der Waals surface area contributed by atoms with Crippen LogP contribution in [0.15, 0.2) is 30.3 Å².